The Morgan fingerprint density at radius 2 is 1.57 bits per heavy atom. The number of guanidine groups is 1. The highest BCUT2D eigenvalue weighted by Gasteiger charge is 2.21. The Kier molecular flexibility index (Phi) is 8.54. The molecule has 0 bridgehead atoms. The van der Waals surface area contributed by atoms with Crippen LogP contribution in [0.3, 0.4) is 0 Å². The van der Waals surface area contributed by atoms with Gasteiger partial charge in [0, 0.05) is 38.3 Å². The van der Waals surface area contributed by atoms with Gasteiger partial charge in [0.1, 0.15) is 0 Å². The van der Waals surface area contributed by atoms with Crippen molar-refractivity contribution in [3.05, 3.63) is 65.7 Å². The van der Waals surface area contributed by atoms with Crippen LogP contribution < -0.4 is 5.32 Å². The standard InChI is InChI=1S/C24H30N4O.HI/c29-23-14-9-17-28(23)19-21-11-6-5-10-20(21)18-25-24(27-15-7-2-8-16-27)26-22-12-3-1-4-13-22;/h1,3-6,10-13H,2,7-9,14-19H2,(H,25,26);1H. The molecule has 2 aliphatic heterocycles. The number of aliphatic imine (C=N–C) groups is 1. The summed E-state index contributed by atoms with van der Waals surface area (Å²) in [7, 11) is 0. The van der Waals surface area contributed by atoms with Crippen molar-refractivity contribution in [2.45, 2.75) is 45.2 Å². The van der Waals surface area contributed by atoms with Crippen molar-refractivity contribution in [1.82, 2.24) is 9.80 Å². The third-order valence-corrected chi connectivity index (χ3v) is 5.74. The quantitative estimate of drug-likeness (QED) is 0.349. The molecule has 0 unspecified atom stereocenters. The van der Waals surface area contributed by atoms with E-state index in [0.29, 0.717) is 19.5 Å². The van der Waals surface area contributed by atoms with Crippen molar-refractivity contribution in [3.63, 3.8) is 0 Å². The van der Waals surface area contributed by atoms with Gasteiger partial charge in [-0.15, -0.1) is 24.0 Å². The lowest BCUT2D eigenvalue weighted by atomic mass is 10.1. The second-order valence-electron chi connectivity index (χ2n) is 7.87. The summed E-state index contributed by atoms with van der Waals surface area (Å²) < 4.78 is 0. The van der Waals surface area contributed by atoms with E-state index in [9.17, 15) is 4.79 Å². The molecule has 0 aromatic heterocycles. The van der Waals surface area contributed by atoms with Gasteiger partial charge in [0.25, 0.3) is 0 Å². The first kappa shape index (κ1) is 22.6. The van der Waals surface area contributed by atoms with Gasteiger partial charge in [-0.25, -0.2) is 4.99 Å². The number of para-hydroxylation sites is 1. The van der Waals surface area contributed by atoms with Gasteiger partial charge < -0.3 is 15.1 Å². The number of rotatable bonds is 5. The summed E-state index contributed by atoms with van der Waals surface area (Å²) in [5, 5.41) is 3.53. The molecule has 0 atom stereocenters. The minimum Gasteiger partial charge on any atom is -0.343 e. The maximum atomic E-state index is 12.0. The van der Waals surface area contributed by atoms with E-state index in [0.717, 1.165) is 37.7 Å². The minimum atomic E-state index is 0. The number of anilines is 1. The monoisotopic (exact) mass is 518 g/mol. The smallest absolute Gasteiger partial charge is 0.222 e. The summed E-state index contributed by atoms with van der Waals surface area (Å²) in [6, 6.07) is 18.6. The third kappa shape index (κ3) is 5.97. The second kappa shape index (κ2) is 11.3. The van der Waals surface area contributed by atoms with Crippen LogP contribution >= 0.6 is 24.0 Å². The first-order chi connectivity index (χ1) is 14.3. The van der Waals surface area contributed by atoms with Crippen LogP contribution in [0.25, 0.3) is 0 Å². The summed E-state index contributed by atoms with van der Waals surface area (Å²) in [6.07, 6.45) is 5.37. The molecule has 2 heterocycles. The first-order valence-electron chi connectivity index (χ1n) is 10.8. The van der Waals surface area contributed by atoms with Crippen LogP contribution in [0.1, 0.15) is 43.2 Å². The van der Waals surface area contributed by atoms with E-state index < -0.39 is 0 Å². The number of hydrogen-bond acceptors (Lipinski definition) is 2. The molecule has 2 saturated heterocycles. The number of likely N-dealkylation sites (tertiary alicyclic amines) is 2. The number of carbonyl (C=O) groups is 1. The predicted molar refractivity (Wildman–Crippen MR) is 133 cm³/mol. The van der Waals surface area contributed by atoms with Gasteiger partial charge in [0.2, 0.25) is 5.91 Å². The van der Waals surface area contributed by atoms with Crippen LogP contribution in [0.2, 0.25) is 0 Å². The molecule has 5 nitrogen and oxygen atoms in total. The molecule has 0 radical (unpaired) electrons. The van der Waals surface area contributed by atoms with E-state index >= 15 is 0 Å². The van der Waals surface area contributed by atoms with Crippen LogP contribution in [0.4, 0.5) is 5.69 Å². The van der Waals surface area contributed by atoms with Crippen molar-refractivity contribution >= 4 is 41.5 Å². The number of carbonyl (C=O) groups excluding carboxylic acids is 1. The fraction of sp³-hybridized carbons (Fsp3) is 0.417. The molecule has 30 heavy (non-hydrogen) atoms. The van der Waals surface area contributed by atoms with Crippen molar-refractivity contribution in [2.24, 2.45) is 4.99 Å². The average molecular weight is 518 g/mol. The van der Waals surface area contributed by atoms with E-state index in [-0.39, 0.29) is 29.9 Å². The normalized spacial score (nSPS) is 17.1. The number of piperidine rings is 1. The largest absolute Gasteiger partial charge is 0.343 e. The van der Waals surface area contributed by atoms with Crippen molar-refractivity contribution < 1.29 is 4.79 Å². The van der Waals surface area contributed by atoms with Gasteiger partial charge in [-0.05, 0) is 48.9 Å². The Bertz CT molecular complexity index is 849. The number of benzene rings is 2. The Labute approximate surface area is 196 Å². The summed E-state index contributed by atoms with van der Waals surface area (Å²) in [5.41, 5.74) is 3.45. The summed E-state index contributed by atoms with van der Waals surface area (Å²) >= 11 is 0. The summed E-state index contributed by atoms with van der Waals surface area (Å²) in [4.78, 5) is 21.4. The second-order valence-corrected chi connectivity index (χ2v) is 7.87. The van der Waals surface area contributed by atoms with Gasteiger partial charge in [0.05, 0.1) is 6.54 Å². The zero-order valence-corrected chi connectivity index (χ0v) is 19.8. The van der Waals surface area contributed by atoms with E-state index in [1.54, 1.807) is 0 Å². The minimum absolute atomic E-state index is 0. The predicted octanol–water partition coefficient (Wildman–Crippen LogP) is 4.88. The fourth-order valence-electron chi connectivity index (χ4n) is 4.08. The number of halogens is 1. The lowest BCUT2D eigenvalue weighted by Crippen LogP contribution is -2.40. The van der Waals surface area contributed by atoms with Gasteiger partial charge in [0.15, 0.2) is 5.96 Å². The molecule has 2 aromatic rings. The van der Waals surface area contributed by atoms with Crippen LogP contribution in [-0.2, 0) is 17.9 Å². The Morgan fingerprint density at radius 1 is 0.867 bits per heavy atom. The first-order valence-corrected chi connectivity index (χ1v) is 10.8. The van der Waals surface area contributed by atoms with Crippen molar-refractivity contribution in [3.8, 4) is 0 Å². The Morgan fingerprint density at radius 3 is 2.27 bits per heavy atom. The maximum absolute atomic E-state index is 12.0. The lowest BCUT2D eigenvalue weighted by molar-refractivity contribution is -0.128. The molecule has 0 saturated carbocycles. The van der Waals surface area contributed by atoms with Gasteiger partial charge in [-0.2, -0.15) is 0 Å². The Hall–Kier alpha value is -2.09. The van der Waals surface area contributed by atoms with Gasteiger partial charge >= 0.3 is 0 Å². The molecule has 160 valence electrons. The number of amides is 1. The average Bonchev–Trinajstić information content (AvgIpc) is 3.18. The zero-order chi connectivity index (χ0) is 19.9. The van der Waals surface area contributed by atoms with Crippen LogP contribution in [0.15, 0.2) is 59.6 Å². The maximum Gasteiger partial charge on any atom is 0.222 e. The molecule has 1 amide bonds. The van der Waals surface area contributed by atoms with E-state index in [1.165, 1.54) is 30.4 Å². The van der Waals surface area contributed by atoms with E-state index in [1.807, 2.05) is 23.1 Å². The number of hydrogen-bond donors (Lipinski definition) is 1. The lowest BCUT2D eigenvalue weighted by Gasteiger charge is -2.30. The number of nitrogens with one attached hydrogen (secondary N) is 1. The van der Waals surface area contributed by atoms with Crippen molar-refractivity contribution in [2.75, 3.05) is 25.0 Å². The molecule has 2 fully saturated rings. The van der Waals surface area contributed by atoms with E-state index in [2.05, 4.69) is 46.6 Å². The van der Waals surface area contributed by atoms with Crippen LogP contribution in [0, 0.1) is 0 Å². The van der Waals surface area contributed by atoms with Gasteiger partial charge in [-0.3, -0.25) is 4.79 Å². The Balaban J connectivity index is 0.00000256. The molecular weight excluding hydrogens is 487 g/mol. The summed E-state index contributed by atoms with van der Waals surface area (Å²) in [5.74, 6) is 1.21. The molecule has 1 N–H and O–H groups in total. The molecular formula is C24H31IN4O. The van der Waals surface area contributed by atoms with Crippen molar-refractivity contribution in [1.29, 1.82) is 0 Å². The zero-order valence-electron chi connectivity index (χ0n) is 17.4. The molecule has 0 aliphatic carbocycles. The highest BCUT2D eigenvalue weighted by Crippen LogP contribution is 2.19. The molecule has 2 aromatic carbocycles. The molecule has 0 spiro atoms. The highest BCUT2D eigenvalue weighted by atomic mass is 127. The molecule has 2 aliphatic rings. The molecule has 6 heteroatoms. The highest BCUT2D eigenvalue weighted by molar-refractivity contribution is 14.0. The number of nitrogens with zero attached hydrogens (tertiary/aromatic N) is 3. The van der Waals surface area contributed by atoms with Gasteiger partial charge in [-0.1, -0.05) is 42.5 Å². The SMILES string of the molecule is I.O=C1CCCN1Cc1ccccc1CN=C(Nc1ccccc1)N1CCCCC1. The summed E-state index contributed by atoms with van der Waals surface area (Å²) in [6.45, 7) is 4.26. The van der Waals surface area contributed by atoms with E-state index in [4.69, 9.17) is 4.99 Å². The fourth-order valence-corrected chi connectivity index (χ4v) is 4.08. The van der Waals surface area contributed by atoms with Crippen LogP contribution in [-0.4, -0.2) is 41.3 Å². The third-order valence-electron chi connectivity index (χ3n) is 5.74. The topological polar surface area (TPSA) is 47.9 Å². The van der Waals surface area contributed by atoms with Crippen LogP contribution in [0.5, 0.6) is 0 Å². The molecule has 4 rings (SSSR count).